The number of halogens is 1. The smallest absolute Gasteiger partial charge is 0.264 e. The summed E-state index contributed by atoms with van der Waals surface area (Å²) in [5, 5.41) is 4.46. The van der Waals surface area contributed by atoms with Crippen LogP contribution in [0.2, 0.25) is 5.02 Å². The van der Waals surface area contributed by atoms with Crippen molar-refractivity contribution in [2.24, 2.45) is 0 Å². The highest BCUT2D eigenvalue weighted by atomic mass is 35.5. The van der Waals surface area contributed by atoms with Gasteiger partial charge in [0, 0.05) is 36.8 Å². The lowest BCUT2D eigenvalue weighted by Crippen LogP contribution is -2.50. The molecule has 0 unspecified atom stereocenters. The van der Waals surface area contributed by atoms with Gasteiger partial charge in [-0.2, -0.15) is 0 Å². The Bertz CT molecular complexity index is 995. The number of carbonyl (C=O) groups is 2. The van der Waals surface area contributed by atoms with Gasteiger partial charge in [-0.1, -0.05) is 23.7 Å². The van der Waals surface area contributed by atoms with Gasteiger partial charge >= 0.3 is 0 Å². The molecule has 1 saturated heterocycles. The van der Waals surface area contributed by atoms with Crippen LogP contribution in [0.5, 0.6) is 5.75 Å². The second-order valence-corrected chi connectivity index (χ2v) is 8.92. The molecule has 0 atom stereocenters. The maximum atomic E-state index is 12.8. The second kappa shape index (κ2) is 8.98. The SMILES string of the molecule is O=C(c1cccs1)N1CCN(C(=O)c2cc(COc3cccc(Cl)c3)cs2)CC1. The third kappa shape index (κ3) is 4.80. The predicted octanol–water partition coefficient (Wildman–Crippen LogP) is 4.64. The molecule has 0 N–H and O–H groups in total. The summed E-state index contributed by atoms with van der Waals surface area (Å²) in [7, 11) is 0. The van der Waals surface area contributed by atoms with Crippen LogP contribution in [0.1, 0.15) is 24.9 Å². The number of rotatable bonds is 5. The van der Waals surface area contributed by atoms with Gasteiger partial charge in [0.1, 0.15) is 12.4 Å². The van der Waals surface area contributed by atoms with Crippen molar-refractivity contribution >= 4 is 46.1 Å². The molecule has 0 aliphatic carbocycles. The molecule has 4 rings (SSSR count). The summed E-state index contributed by atoms with van der Waals surface area (Å²) in [5.74, 6) is 0.749. The van der Waals surface area contributed by atoms with Crippen LogP contribution in [0, 0.1) is 0 Å². The summed E-state index contributed by atoms with van der Waals surface area (Å²) in [5.41, 5.74) is 0.949. The van der Waals surface area contributed by atoms with E-state index in [9.17, 15) is 9.59 Å². The number of carbonyl (C=O) groups excluding carboxylic acids is 2. The Morgan fingerprint density at radius 3 is 2.31 bits per heavy atom. The third-order valence-corrected chi connectivity index (χ3v) is 6.71. The molecule has 1 aromatic carbocycles. The van der Waals surface area contributed by atoms with E-state index in [-0.39, 0.29) is 11.8 Å². The van der Waals surface area contributed by atoms with Crippen molar-refractivity contribution in [2.75, 3.05) is 26.2 Å². The molecular formula is C21H19ClN2O3S2. The average Bonchev–Trinajstić information content (AvgIpc) is 3.44. The molecule has 0 bridgehead atoms. The van der Waals surface area contributed by atoms with Gasteiger partial charge in [0.15, 0.2) is 0 Å². The number of nitrogens with zero attached hydrogens (tertiary/aromatic N) is 2. The average molecular weight is 447 g/mol. The highest BCUT2D eigenvalue weighted by Gasteiger charge is 2.26. The number of hydrogen-bond donors (Lipinski definition) is 0. The van der Waals surface area contributed by atoms with Gasteiger partial charge in [-0.3, -0.25) is 9.59 Å². The van der Waals surface area contributed by atoms with Crippen LogP contribution in [0.15, 0.2) is 53.2 Å². The van der Waals surface area contributed by atoms with E-state index >= 15 is 0 Å². The van der Waals surface area contributed by atoms with Gasteiger partial charge in [0.25, 0.3) is 11.8 Å². The molecule has 29 heavy (non-hydrogen) atoms. The number of thiophene rings is 2. The zero-order valence-corrected chi connectivity index (χ0v) is 17.9. The van der Waals surface area contributed by atoms with Gasteiger partial charge in [-0.25, -0.2) is 0 Å². The summed E-state index contributed by atoms with van der Waals surface area (Å²) in [6, 6.07) is 12.8. The summed E-state index contributed by atoms with van der Waals surface area (Å²) in [6.07, 6.45) is 0. The van der Waals surface area contributed by atoms with Crippen LogP contribution >= 0.6 is 34.3 Å². The standard InChI is InChI=1S/C21H19ClN2O3S2/c22-16-3-1-4-17(12-16)27-13-15-11-19(29-14-15)21(26)24-8-6-23(7-9-24)20(25)18-5-2-10-28-18/h1-5,10-12,14H,6-9,13H2. The predicted molar refractivity (Wildman–Crippen MR) is 116 cm³/mol. The molecule has 1 fully saturated rings. The van der Waals surface area contributed by atoms with Gasteiger partial charge in [0.2, 0.25) is 0 Å². The van der Waals surface area contributed by atoms with Crippen LogP contribution in [-0.4, -0.2) is 47.8 Å². The van der Waals surface area contributed by atoms with Gasteiger partial charge in [0.05, 0.1) is 9.75 Å². The molecule has 1 aliphatic heterocycles. The summed E-state index contributed by atoms with van der Waals surface area (Å²) < 4.78 is 5.74. The Labute approximate surface area is 182 Å². The molecule has 5 nitrogen and oxygen atoms in total. The minimum absolute atomic E-state index is 0.00669. The van der Waals surface area contributed by atoms with Crippen LogP contribution in [0.3, 0.4) is 0 Å². The zero-order chi connectivity index (χ0) is 20.2. The van der Waals surface area contributed by atoms with Gasteiger partial charge < -0.3 is 14.5 Å². The quantitative estimate of drug-likeness (QED) is 0.573. The first-order chi connectivity index (χ1) is 14.1. The molecule has 2 amide bonds. The second-order valence-electron chi connectivity index (χ2n) is 6.63. The monoisotopic (exact) mass is 446 g/mol. The number of benzene rings is 1. The van der Waals surface area contributed by atoms with E-state index in [0.29, 0.717) is 48.4 Å². The first-order valence-corrected chi connectivity index (χ1v) is 11.3. The normalized spacial score (nSPS) is 14.1. The fraction of sp³-hybridized carbons (Fsp3) is 0.238. The number of amides is 2. The van der Waals surface area contributed by atoms with Gasteiger partial charge in [-0.05, 0) is 41.1 Å². The first kappa shape index (κ1) is 19.9. The first-order valence-electron chi connectivity index (χ1n) is 9.18. The van der Waals surface area contributed by atoms with Gasteiger partial charge in [-0.15, -0.1) is 22.7 Å². The van der Waals surface area contributed by atoms with Crippen LogP contribution in [0.25, 0.3) is 0 Å². The van der Waals surface area contributed by atoms with E-state index in [1.807, 2.05) is 50.9 Å². The van der Waals surface area contributed by atoms with E-state index in [0.717, 1.165) is 10.4 Å². The maximum absolute atomic E-state index is 12.8. The molecule has 3 heterocycles. The van der Waals surface area contributed by atoms with Crippen molar-refractivity contribution in [3.63, 3.8) is 0 Å². The Morgan fingerprint density at radius 2 is 1.66 bits per heavy atom. The highest BCUT2D eigenvalue weighted by Crippen LogP contribution is 2.22. The molecule has 0 saturated carbocycles. The van der Waals surface area contributed by atoms with Crippen molar-refractivity contribution < 1.29 is 14.3 Å². The van der Waals surface area contributed by atoms with E-state index in [1.165, 1.54) is 22.7 Å². The summed E-state index contributed by atoms with van der Waals surface area (Å²) in [6.45, 7) is 2.58. The molecular weight excluding hydrogens is 428 g/mol. The minimum Gasteiger partial charge on any atom is -0.489 e. The zero-order valence-electron chi connectivity index (χ0n) is 15.5. The molecule has 1 aliphatic rings. The highest BCUT2D eigenvalue weighted by molar-refractivity contribution is 7.12. The molecule has 2 aromatic heterocycles. The van der Waals surface area contributed by atoms with E-state index in [4.69, 9.17) is 16.3 Å². The Balaban J connectivity index is 1.31. The topological polar surface area (TPSA) is 49.9 Å². The summed E-state index contributed by atoms with van der Waals surface area (Å²) >= 11 is 8.83. The molecule has 0 spiro atoms. The largest absolute Gasteiger partial charge is 0.489 e. The number of piperazine rings is 1. The van der Waals surface area contributed by atoms with E-state index < -0.39 is 0 Å². The maximum Gasteiger partial charge on any atom is 0.264 e. The Morgan fingerprint density at radius 1 is 0.931 bits per heavy atom. The van der Waals surface area contributed by atoms with E-state index in [2.05, 4.69) is 0 Å². The van der Waals surface area contributed by atoms with Crippen LogP contribution < -0.4 is 4.74 Å². The molecule has 0 radical (unpaired) electrons. The van der Waals surface area contributed by atoms with E-state index in [1.54, 1.807) is 12.1 Å². The van der Waals surface area contributed by atoms with Crippen molar-refractivity contribution in [3.8, 4) is 5.75 Å². The number of ether oxygens (including phenoxy) is 1. The van der Waals surface area contributed by atoms with Crippen molar-refractivity contribution in [1.82, 2.24) is 9.80 Å². The van der Waals surface area contributed by atoms with Crippen LogP contribution in [0.4, 0.5) is 0 Å². The fourth-order valence-electron chi connectivity index (χ4n) is 3.11. The minimum atomic E-state index is 0.00669. The van der Waals surface area contributed by atoms with Crippen molar-refractivity contribution in [3.05, 3.63) is 73.6 Å². The van der Waals surface area contributed by atoms with Crippen molar-refractivity contribution in [2.45, 2.75) is 6.61 Å². The fourth-order valence-corrected chi connectivity index (χ4v) is 4.85. The van der Waals surface area contributed by atoms with Crippen LogP contribution in [-0.2, 0) is 6.61 Å². The third-order valence-electron chi connectivity index (χ3n) is 4.65. The Hall–Kier alpha value is -2.35. The summed E-state index contributed by atoms with van der Waals surface area (Å²) in [4.78, 5) is 30.3. The molecule has 3 aromatic rings. The molecule has 8 heteroatoms. The lowest BCUT2D eigenvalue weighted by Gasteiger charge is -2.34. The lowest BCUT2D eigenvalue weighted by atomic mass is 10.2. The lowest BCUT2D eigenvalue weighted by molar-refractivity contribution is 0.0540. The number of hydrogen-bond acceptors (Lipinski definition) is 5. The molecule has 150 valence electrons. The Kier molecular flexibility index (Phi) is 6.18. The van der Waals surface area contributed by atoms with Crippen molar-refractivity contribution in [1.29, 1.82) is 0 Å².